The third kappa shape index (κ3) is 2.82. The molecule has 0 aliphatic rings. The molecule has 0 saturated heterocycles. The van der Waals surface area contributed by atoms with Crippen LogP contribution in [0.3, 0.4) is 0 Å². The van der Waals surface area contributed by atoms with E-state index >= 15 is 0 Å². The molecule has 1 N–H and O–H groups in total. The molecule has 0 aliphatic heterocycles. The van der Waals surface area contributed by atoms with Gasteiger partial charge < -0.3 is 5.32 Å². The zero-order valence-electron chi connectivity index (χ0n) is 11.0. The summed E-state index contributed by atoms with van der Waals surface area (Å²) in [6.45, 7) is 2.03. The molecule has 0 aliphatic carbocycles. The molecule has 0 spiro atoms. The van der Waals surface area contributed by atoms with E-state index in [0.29, 0.717) is 5.82 Å². The van der Waals surface area contributed by atoms with Crippen molar-refractivity contribution in [3.8, 4) is 0 Å². The van der Waals surface area contributed by atoms with E-state index in [9.17, 15) is 8.78 Å². The maximum Gasteiger partial charge on any atom is 0.225 e. The Kier molecular flexibility index (Phi) is 3.73. The van der Waals surface area contributed by atoms with Crippen LogP contribution < -0.4 is 5.32 Å². The van der Waals surface area contributed by atoms with Gasteiger partial charge in [-0.3, -0.25) is 0 Å². The van der Waals surface area contributed by atoms with Gasteiger partial charge in [-0.15, -0.1) is 11.3 Å². The molecule has 2 heterocycles. The molecule has 0 radical (unpaired) electrons. The number of anilines is 2. The third-order valence-corrected chi connectivity index (χ3v) is 4.29. The second-order valence-corrected chi connectivity index (χ2v) is 5.83. The van der Waals surface area contributed by atoms with Crippen molar-refractivity contribution in [1.82, 2.24) is 9.97 Å². The molecule has 1 aromatic carbocycles. The Bertz CT molecular complexity index is 819. The quantitative estimate of drug-likeness (QED) is 0.694. The van der Waals surface area contributed by atoms with E-state index in [-0.39, 0.29) is 11.0 Å². The summed E-state index contributed by atoms with van der Waals surface area (Å²) in [6.07, 6.45) is 0.864. The zero-order chi connectivity index (χ0) is 15.0. The highest BCUT2D eigenvalue weighted by Gasteiger charge is 2.12. The summed E-state index contributed by atoms with van der Waals surface area (Å²) in [5, 5.41) is 3.70. The van der Waals surface area contributed by atoms with Crippen LogP contribution in [0.5, 0.6) is 0 Å². The summed E-state index contributed by atoms with van der Waals surface area (Å²) in [7, 11) is 0. The number of aromatic nitrogens is 2. The molecular weight excluding hydrogens is 316 g/mol. The van der Waals surface area contributed by atoms with Crippen LogP contribution in [0.4, 0.5) is 20.3 Å². The van der Waals surface area contributed by atoms with Crippen molar-refractivity contribution in [2.75, 3.05) is 5.32 Å². The smallest absolute Gasteiger partial charge is 0.225 e. The van der Waals surface area contributed by atoms with E-state index in [4.69, 9.17) is 11.6 Å². The molecule has 0 saturated carbocycles. The lowest BCUT2D eigenvalue weighted by molar-refractivity contribution is 0.586. The van der Waals surface area contributed by atoms with Crippen molar-refractivity contribution in [3.63, 3.8) is 0 Å². The number of hydrogen-bond donors (Lipinski definition) is 1. The van der Waals surface area contributed by atoms with Crippen molar-refractivity contribution < 1.29 is 8.78 Å². The molecule has 0 amide bonds. The number of nitrogens with one attached hydrogen (secondary N) is 1. The Hall–Kier alpha value is -1.79. The first kappa shape index (κ1) is 14.2. The topological polar surface area (TPSA) is 37.8 Å². The predicted molar refractivity (Wildman–Crippen MR) is 81.4 cm³/mol. The first-order valence-electron chi connectivity index (χ1n) is 6.25. The third-order valence-electron chi connectivity index (χ3n) is 2.95. The highest BCUT2D eigenvalue weighted by molar-refractivity contribution is 7.18. The van der Waals surface area contributed by atoms with Crippen molar-refractivity contribution in [1.29, 1.82) is 0 Å². The van der Waals surface area contributed by atoms with Gasteiger partial charge in [0.05, 0.1) is 11.1 Å². The molecule has 0 bridgehead atoms. The maximum atomic E-state index is 13.7. The van der Waals surface area contributed by atoms with Crippen molar-refractivity contribution in [2.45, 2.75) is 13.3 Å². The lowest BCUT2D eigenvalue weighted by Gasteiger charge is -2.08. The number of fused-ring (bicyclic) bond motifs is 1. The average molecular weight is 326 g/mol. The van der Waals surface area contributed by atoms with Crippen LogP contribution in [0, 0.1) is 11.6 Å². The SMILES string of the molecule is CCc1cc2c(Nc3ccc(F)cc3F)nc(Cl)nc2s1. The minimum atomic E-state index is -0.691. The lowest BCUT2D eigenvalue weighted by atomic mass is 10.2. The van der Waals surface area contributed by atoms with E-state index in [1.54, 1.807) is 0 Å². The fourth-order valence-electron chi connectivity index (χ4n) is 1.93. The summed E-state index contributed by atoms with van der Waals surface area (Å²) in [6, 6.07) is 5.25. The molecule has 21 heavy (non-hydrogen) atoms. The first-order valence-corrected chi connectivity index (χ1v) is 7.44. The summed E-state index contributed by atoms with van der Waals surface area (Å²) < 4.78 is 26.7. The van der Waals surface area contributed by atoms with Crippen LogP contribution in [0.25, 0.3) is 10.2 Å². The number of halogens is 3. The minimum Gasteiger partial charge on any atom is -0.337 e. The van der Waals surface area contributed by atoms with E-state index in [1.165, 1.54) is 23.5 Å². The average Bonchev–Trinajstić information content (AvgIpc) is 2.85. The molecule has 2 aromatic heterocycles. The van der Waals surface area contributed by atoms with Gasteiger partial charge >= 0.3 is 0 Å². The van der Waals surface area contributed by atoms with Crippen molar-refractivity contribution in [2.24, 2.45) is 0 Å². The number of benzene rings is 1. The number of rotatable bonds is 3. The number of hydrogen-bond acceptors (Lipinski definition) is 4. The Balaban J connectivity index is 2.08. The van der Waals surface area contributed by atoms with Gasteiger partial charge in [-0.05, 0) is 36.2 Å². The van der Waals surface area contributed by atoms with Gasteiger partial charge in [0.2, 0.25) is 5.28 Å². The highest BCUT2D eigenvalue weighted by Crippen LogP contribution is 2.32. The number of thiophene rings is 1. The van der Waals surface area contributed by atoms with Crippen LogP contribution in [0.1, 0.15) is 11.8 Å². The predicted octanol–water partition coefficient (Wildman–Crippen LogP) is 4.93. The zero-order valence-corrected chi connectivity index (χ0v) is 12.5. The van der Waals surface area contributed by atoms with Crippen molar-refractivity contribution in [3.05, 3.63) is 46.1 Å². The molecule has 108 valence electrons. The van der Waals surface area contributed by atoms with Gasteiger partial charge in [0, 0.05) is 10.9 Å². The molecule has 3 rings (SSSR count). The van der Waals surface area contributed by atoms with E-state index in [2.05, 4.69) is 15.3 Å². The number of nitrogens with zero attached hydrogens (tertiary/aromatic N) is 2. The Labute approximate surface area is 128 Å². The molecule has 0 unspecified atom stereocenters. The molecular formula is C14H10ClF2N3S. The van der Waals surface area contributed by atoms with Crippen LogP contribution in [-0.4, -0.2) is 9.97 Å². The lowest BCUT2D eigenvalue weighted by Crippen LogP contribution is -1.98. The van der Waals surface area contributed by atoms with E-state index in [0.717, 1.165) is 27.6 Å². The molecule has 3 nitrogen and oxygen atoms in total. The Morgan fingerprint density at radius 3 is 2.76 bits per heavy atom. The molecule has 3 aromatic rings. The monoisotopic (exact) mass is 325 g/mol. The normalized spacial score (nSPS) is 11.0. The Morgan fingerprint density at radius 1 is 1.24 bits per heavy atom. The van der Waals surface area contributed by atoms with Gasteiger partial charge in [0.25, 0.3) is 0 Å². The van der Waals surface area contributed by atoms with Gasteiger partial charge in [-0.2, -0.15) is 4.98 Å². The second kappa shape index (κ2) is 5.54. The summed E-state index contributed by atoms with van der Waals surface area (Å²) in [4.78, 5) is 10.1. The van der Waals surface area contributed by atoms with Gasteiger partial charge in [0.1, 0.15) is 22.3 Å². The maximum absolute atomic E-state index is 13.7. The fraction of sp³-hybridized carbons (Fsp3) is 0.143. The van der Waals surface area contributed by atoms with Gasteiger partial charge in [-0.1, -0.05) is 6.92 Å². The fourth-order valence-corrected chi connectivity index (χ4v) is 3.12. The van der Waals surface area contributed by atoms with Gasteiger partial charge in [0.15, 0.2) is 0 Å². The molecule has 7 heteroatoms. The van der Waals surface area contributed by atoms with E-state index < -0.39 is 11.6 Å². The second-order valence-electron chi connectivity index (χ2n) is 4.38. The van der Waals surface area contributed by atoms with Crippen molar-refractivity contribution >= 4 is 44.7 Å². The summed E-state index contributed by atoms with van der Waals surface area (Å²) >= 11 is 7.41. The first-order chi connectivity index (χ1) is 10.1. The minimum absolute atomic E-state index is 0.0806. The Morgan fingerprint density at radius 2 is 2.05 bits per heavy atom. The van der Waals surface area contributed by atoms with E-state index in [1.807, 2.05) is 13.0 Å². The standard InChI is InChI=1S/C14H10ClF2N3S/c1-2-8-6-9-12(19-14(15)20-13(9)21-8)18-11-4-3-7(16)5-10(11)17/h3-6H,2H2,1H3,(H,18,19,20). The largest absolute Gasteiger partial charge is 0.337 e. The van der Waals surface area contributed by atoms with Gasteiger partial charge in [-0.25, -0.2) is 13.8 Å². The molecule has 0 fully saturated rings. The summed E-state index contributed by atoms with van der Waals surface area (Å²) in [5.74, 6) is -0.914. The number of aryl methyl sites for hydroxylation is 1. The highest BCUT2D eigenvalue weighted by atomic mass is 35.5. The molecule has 0 atom stereocenters. The van der Waals surface area contributed by atoms with Crippen LogP contribution in [0.2, 0.25) is 5.28 Å². The van der Waals surface area contributed by atoms with Crippen LogP contribution in [0.15, 0.2) is 24.3 Å². The summed E-state index contributed by atoms with van der Waals surface area (Å²) in [5.41, 5.74) is 0.136. The van der Waals surface area contributed by atoms with Crippen LogP contribution in [-0.2, 0) is 6.42 Å². The van der Waals surface area contributed by atoms with Crippen LogP contribution >= 0.6 is 22.9 Å².